The first kappa shape index (κ1) is 13.5. The van der Waals surface area contributed by atoms with Crippen LogP contribution in [0.2, 0.25) is 0 Å². The van der Waals surface area contributed by atoms with E-state index < -0.39 is 0 Å². The molecule has 0 aliphatic carbocycles. The molecular weight excluding hydrogens is 218 g/mol. The van der Waals surface area contributed by atoms with Crippen LogP contribution in [-0.4, -0.2) is 31.2 Å². The molecule has 0 aliphatic heterocycles. The molecule has 0 atom stereocenters. The highest BCUT2D eigenvalue weighted by atomic mass is 16.5. The van der Waals surface area contributed by atoms with Gasteiger partial charge in [-0.15, -0.1) is 0 Å². The normalized spacial score (nSPS) is 11.6. The quantitative estimate of drug-likeness (QED) is 0.358. The zero-order valence-corrected chi connectivity index (χ0v) is 10.6. The highest BCUT2D eigenvalue weighted by Gasteiger charge is 2.07. The highest BCUT2D eigenvalue weighted by Crippen LogP contribution is 2.21. The maximum absolute atomic E-state index is 8.80. The average Bonchev–Trinajstić information content (AvgIpc) is 2.34. The summed E-state index contributed by atoms with van der Waals surface area (Å²) < 4.78 is 10.6. The Morgan fingerprint density at radius 1 is 1.35 bits per heavy atom. The van der Waals surface area contributed by atoms with Gasteiger partial charge < -0.3 is 14.7 Å². The predicted molar refractivity (Wildman–Crippen MR) is 67.2 cm³/mol. The molecule has 94 valence electrons. The van der Waals surface area contributed by atoms with E-state index >= 15 is 0 Å². The van der Waals surface area contributed by atoms with Crippen molar-refractivity contribution in [3.05, 3.63) is 29.3 Å². The maximum atomic E-state index is 8.80. The van der Waals surface area contributed by atoms with Crippen molar-refractivity contribution in [2.75, 3.05) is 20.3 Å². The topological polar surface area (TPSA) is 51.0 Å². The van der Waals surface area contributed by atoms with Crippen LogP contribution in [0.4, 0.5) is 0 Å². The van der Waals surface area contributed by atoms with E-state index in [1.165, 1.54) is 0 Å². The average molecular weight is 237 g/mol. The van der Waals surface area contributed by atoms with E-state index in [1.54, 1.807) is 14.0 Å². The summed E-state index contributed by atoms with van der Waals surface area (Å²) in [6, 6.07) is 5.80. The third-order valence-electron chi connectivity index (χ3n) is 2.43. The van der Waals surface area contributed by atoms with Crippen LogP contribution in [0.25, 0.3) is 0 Å². The molecular formula is C13H19NO3. The lowest BCUT2D eigenvalue weighted by Gasteiger charge is -2.11. The molecule has 0 spiro atoms. The first-order chi connectivity index (χ1) is 8.19. The van der Waals surface area contributed by atoms with Gasteiger partial charge in [0, 0.05) is 25.7 Å². The molecule has 17 heavy (non-hydrogen) atoms. The van der Waals surface area contributed by atoms with Gasteiger partial charge in [0.1, 0.15) is 5.75 Å². The van der Waals surface area contributed by atoms with E-state index in [2.05, 4.69) is 5.16 Å². The molecule has 4 heteroatoms. The van der Waals surface area contributed by atoms with E-state index in [1.807, 2.05) is 25.1 Å². The molecule has 0 saturated carbocycles. The standard InChI is InChI=1S/C13H19NO3/c1-10-5-6-12(11(2)14-15)13(9-10)17-8-4-7-16-3/h5-6,9,15H,4,7-8H2,1-3H3/b14-11+. The van der Waals surface area contributed by atoms with Crippen LogP contribution in [0.1, 0.15) is 24.5 Å². The van der Waals surface area contributed by atoms with Crippen molar-refractivity contribution < 1.29 is 14.7 Å². The van der Waals surface area contributed by atoms with E-state index in [-0.39, 0.29) is 0 Å². The number of oxime groups is 1. The Morgan fingerprint density at radius 3 is 2.76 bits per heavy atom. The van der Waals surface area contributed by atoms with Gasteiger partial charge in [-0.1, -0.05) is 11.2 Å². The molecule has 1 rings (SSSR count). The summed E-state index contributed by atoms with van der Waals surface area (Å²) in [4.78, 5) is 0. The van der Waals surface area contributed by atoms with E-state index in [9.17, 15) is 0 Å². The van der Waals surface area contributed by atoms with Crippen LogP contribution in [0.15, 0.2) is 23.4 Å². The van der Waals surface area contributed by atoms with Gasteiger partial charge >= 0.3 is 0 Å². The Morgan fingerprint density at radius 2 is 2.12 bits per heavy atom. The maximum Gasteiger partial charge on any atom is 0.128 e. The minimum absolute atomic E-state index is 0.548. The highest BCUT2D eigenvalue weighted by molar-refractivity contribution is 6.00. The summed E-state index contributed by atoms with van der Waals surface area (Å²) >= 11 is 0. The predicted octanol–water partition coefficient (Wildman–Crippen LogP) is 2.61. The molecule has 0 fully saturated rings. The number of rotatable bonds is 6. The number of aryl methyl sites for hydroxylation is 1. The lowest BCUT2D eigenvalue weighted by atomic mass is 10.1. The third-order valence-corrected chi connectivity index (χ3v) is 2.43. The second-order valence-corrected chi connectivity index (χ2v) is 3.88. The molecule has 1 N–H and O–H groups in total. The van der Waals surface area contributed by atoms with Crippen molar-refractivity contribution in [2.45, 2.75) is 20.3 Å². The smallest absolute Gasteiger partial charge is 0.128 e. The largest absolute Gasteiger partial charge is 0.493 e. The lowest BCUT2D eigenvalue weighted by Crippen LogP contribution is -2.06. The third kappa shape index (κ3) is 4.07. The van der Waals surface area contributed by atoms with Crippen molar-refractivity contribution >= 4 is 5.71 Å². The van der Waals surface area contributed by atoms with E-state index in [0.717, 1.165) is 23.3 Å². The van der Waals surface area contributed by atoms with Gasteiger partial charge in [0.2, 0.25) is 0 Å². The Balaban J connectivity index is 2.77. The van der Waals surface area contributed by atoms with E-state index in [0.29, 0.717) is 18.9 Å². The first-order valence-electron chi connectivity index (χ1n) is 5.60. The van der Waals surface area contributed by atoms with Crippen molar-refractivity contribution in [1.82, 2.24) is 0 Å². The number of ether oxygens (including phenoxy) is 2. The van der Waals surface area contributed by atoms with Crippen molar-refractivity contribution in [3.8, 4) is 5.75 Å². The van der Waals surface area contributed by atoms with Gasteiger partial charge in [-0.3, -0.25) is 0 Å². The first-order valence-corrected chi connectivity index (χ1v) is 5.60. The fourth-order valence-electron chi connectivity index (χ4n) is 1.49. The number of methoxy groups -OCH3 is 1. The van der Waals surface area contributed by atoms with Crippen molar-refractivity contribution in [2.24, 2.45) is 5.16 Å². The van der Waals surface area contributed by atoms with Crippen LogP contribution in [-0.2, 0) is 4.74 Å². The lowest BCUT2D eigenvalue weighted by molar-refractivity contribution is 0.172. The van der Waals surface area contributed by atoms with Crippen molar-refractivity contribution in [3.63, 3.8) is 0 Å². The van der Waals surface area contributed by atoms with Crippen LogP contribution in [0.5, 0.6) is 5.75 Å². The molecule has 0 bridgehead atoms. The summed E-state index contributed by atoms with van der Waals surface area (Å²) in [6.45, 7) is 5.00. The second-order valence-electron chi connectivity index (χ2n) is 3.88. The van der Waals surface area contributed by atoms with Gasteiger partial charge in [0.25, 0.3) is 0 Å². The molecule has 4 nitrogen and oxygen atoms in total. The number of hydrogen-bond donors (Lipinski definition) is 1. The molecule has 0 aromatic heterocycles. The van der Waals surface area contributed by atoms with Crippen LogP contribution >= 0.6 is 0 Å². The fraction of sp³-hybridized carbons (Fsp3) is 0.462. The van der Waals surface area contributed by atoms with Gasteiger partial charge in [-0.2, -0.15) is 0 Å². The second kappa shape index (κ2) is 6.91. The molecule has 0 aliphatic rings. The molecule has 1 aromatic rings. The van der Waals surface area contributed by atoms with Crippen molar-refractivity contribution in [1.29, 1.82) is 0 Å². The van der Waals surface area contributed by atoms with Crippen LogP contribution < -0.4 is 4.74 Å². The number of benzene rings is 1. The Bertz CT molecular complexity index is 388. The Hall–Kier alpha value is -1.55. The van der Waals surface area contributed by atoms with Gasteiger partial charge in [-0.25, -0.2) is 0 Å². The summed E-state index contributed by atoms with van der Waals surface area (Å²) in [5.41, 5.74) is 2.48. The molecule has 0 radical (unpaired) electrons. The fourth-order valence-corrected chi connectivity index (χ4v) is 1.49. The summed E-state index contributed by atoms with van der Waals surface area (Å²) in [5.74, 6) is 0.747. The minimum atomic E-state index is 0.548. The summed E-state index contributed by atoms with van der Waals surface area (Å²) in [7, 11) is 1.67. The minimum Gasteiger partial charge on any atom is -0.493 e. The zero-order valence-electron chi connectivity index (χ0n) is 10.6. The molecule has 0 amide bonds. The zero-order chi connectivity index (χ0) is 12.7. The Kier molecular flexibility index (Phi) is 5.49. The van der Waals surface area contributed by atoms with Gasteiger partial charge in [-0.05, 0) is 31.5 Å². The number of nitrogens with zero attached hydrogens (tertiary/aromatic N) is 1. The van der Waals surface area contributed by atoms with Crippen LogP contribution in [0.3, 0.4) is 0 Å². The molecule has 1 aromatic carbocycles. The number of hydrogen-bond acceptors (Lipinski definition) is 4. The summed E-state index contributed by atoms with van der Waals surface area (Å²) in [6.07, 6.45) is 0.833. The SMILES string of the molecule is COCCCOc1cc(C)ccc1/C(C)=N/O. The van der Waals surface area contributed by atoms with Gasteiger partial charge in [0.05, 0.1) is 12.3 Å². The Labute approximate surface area is 102 Å². The summed E-state index contributed by atoms with van der Waals surface area (Å²) in [5, 5.41) is 12.0. The monoisotopic (exact) mass is 237 g/mol. The van der Waals surface area contributed by atoms with Gasteiger partial charge in [0.15, 0.2) is 0 Å². The molecule has 0 saturated heterocycles. The van der Waals surface area contributed by atoms with Crippen LogP contribution in [0, 0.1) is 6.92 Å². The van der Waals surface area contributed by atoms with E-state index in [4.69, 9.17) is 14.7 Å². The molecule has 0 unspecified atom stereocenters. The molecule has 0 heterocycles.